The van der Waals surface area contributed by atoms with Crippen LogP contribution in [-0.4, -0.2) is 39.3 Å². The summed E-state index contributed by atoms with van der Waals surface area (Å²) in [5.41, 5.74) is 5.01. The van der Waals surface area contributed by atoms with Gasteiger partial charge in [-0.15, -0.1) is 10.2 Å². The molecule has 10 heteroatoms. The summed E-state index contributed by atoms with van der Waals surface area (Å²) < 4.78 is 0.581. The Morgan fingerprint density at radius 2 is 2.04 bits per heavy atom. The number of urea groups is 1. The zero-order valence-electron chi connectivity index (χ0n) is 13.8. The van der Waals surface area contributed by atoms with E-state index < -0.39 is 17.2 Å². The van der Waals surface area contributed by atoms with Gasteiger partial charge in [0.2, 0.25) is 16.9 Å². The number of anilines is 1. The van der Waals surface area contributed by atoms with E-state index in [1.54, 1.807) is 4.90 Å². The lowest BCUT2D eigenvalue weighted by Crippen LogP contribution is -2.42. The predicted molar refractivity (Wildman–Crippen MR) is 92.9 cm³/mol. The lowest BCUT2D eigenvalue weighted by Gasteiger charge is -2.18. The second kappa shape index (κ2) is 7.93. The van der Waals surface area contributed by atoms with Crippen molar-refractivity contribution >= 4 is 46.1 Å². The minimum atomic E-state index is -0.877. The van der Waals surface area contributed by atoms with Crippen LogP contribution in [0.1, 0.15) is 40.0 Å². The summed E-state index contributed by atoms with van der Waals surface area (Å²) in [6, 6.07) is -0.667. The Morgan fingerprint density at radius 3 is 2.54 bits per heavy atom. The molecular formula is C14H21N5O3S2. The number of carbonyl (C=O) groups excluding carboxylic acids is 3. The molecule has 1 aliphatic carbocycles. The number of carbonyl (C=O) groups is 3. The van der Waals surface area contributed by atoms with Crippen LogP contribution in [0, 0.1) is 5.92 Å². The van der Waals surface area contributed by atoms with Crippen molar-refractivity contribution in [3.8, 4) is 0 Å². The van der Waals surface area contributed by atoms with Gasteiger partial charge in [-0.1, -0.05) is 43.9 Å². The molecule has 0 aliphatic heterocycles. The van der Waals surface area contributed by atoms with Crippen molar-refractivity contribution in [1.29, 1.82) is 0 Å². The van der Waals surface area contributed by atoms with E-state index in [2.05, 4.69) is 15.5 Å². The molecule has 0 unspecified atom stereocenters. The van der Waals surface area contributed by atoms with Crippen molar-refractivity contribution in [3.05, 3.63) is 0 Å². The highest BCUT2D eigenvalue weighted by atomic mass is 32.2. The van der Waals surface area contributed by atoms with Crippen LogP contribution in [-0.2, 0) is 9.59 Å². The highest BCUT2D eigenvalue weighted by Crippen LogP contribution is 2.38. The molecule has 4 amide bonds. The van der Waals surface area contributed by atoms with E-state index in [-0.39, 0.29) is 17.9 Å². The molecule has 0 bridgehead atoms. The first kappa shape index (κ1) is 18.7. The maximum Gasteiger partial charge on any atom is 0.318 e. The first-order valence-electron chi connectivity index (χ1n) is 7.76. The smallest absolute Gasteiger partial charge is 0.318 e. The zero-order chi connectivity index (χ0) is 17.9. The molecule has 3 N–H and O–H groups in total. The standard InChI is InChI=1S/C14H21N5O3S2/c1-4-9(20)19(8-5-6-8)13-17-18-14(24-13)23-10(7(2)3)11(21)16-12(15)22/h7-8,10H,4-6H2,1-3H3,(H3,15,16,21,22)/t10-/m1/s1. The molecular weight excluding hydrogens is 350 g/mol. The third-order valence-electron chi connectivity index (χ3n) is 3.42. The zero-order valence-corrected chi connectivity index (χ0v) is 15.4. The molecule has 2 rings (SSSR count). The van der Waals surface area contributed by atoms with Crippen molar-refractivity contribution in [3.63, 3.8) is 0 Å². The first-order valence-corrected chi connectivity index (χ1v) is 9.45. The number of imide groups is 1. The Hall–Kier alpha value is -1.68. The maximum absolute atomic E-state index is 12.1. The lowest BCUT2D eigenvalue weighted by atomic mass is 10.1. The molecule has 1 fully saturated rings. The third-order valence-corrected chi connectivity index (χ3v) is 5.97. The van der Waals surface area contributed by atoms with E-state index >= 15 is 0 Å². The quantitative estimate of drug-likeness (QED) is 0.557. The van der Waals surface area contributed by atoms with E-state index in [1.165, 1.54) is 23.1 Å². The number of hydrogen-bond donors (Lipinski definition) is 2. The fourth-order valence-corrected chi connectivity index (χ4v) is 4.25. The number of aromatic nitrogens is 2. The summed E-state index contributed by atoms with van der Waals surface area (Å²) in [6.07, 6.45) is 2.36. The van der Waals surface area contributed by atoms with Gasteiger partial charge in [-0.25, -0.2) is 4.79 Å². The second-order valence-electron chi connectivity index (χ2n) is 5.83. The molecule has 0 saturated heterocycles. The van der Waals surface area contributed by atoms with Crippen LogP contribution in [0.4, 0.5) is 9.93 Å². The molecule has 0 radical (unpaired) electrons. The van der Waals surface area contributed by atoms with Gasteiger partial charge < -0.3 is 5.73 Å². The largest absolute Gasteiger partial charge is 0.351 e. The topological polar surface area (TPSA) is 118 Å². The summed E-state index contributed by atoms with van der Waals surface area (Å²) in [7, 11) is 0. The Morgan fingerprint density at radius 1 is 1.38 bits per heavy atom. The average Bonchev–Trinajstić information content (AvgIpc) is 3.22. The summed E-state index contributed by atoms with van der Waals surface area (Å²) in [6.45, 7) is 5.56. The number of nitrogens with two attached hydrogens (primary N) is 1. The predicted octanol–water partition coefficient (Wildman–Crippen LogP) is 1.76. The first-order chi connectivity index (χ1) is 11.3. The van der Waals surface area contributed by atoms with E-state index in [9.17, 15) is 14.4 Å². The molecule has 1 saturated carbocycles. The number of hydrogen-bond acceptors (Lipinski definition) is 7. The van der Waals surface area contributed by atoms with Crippen LogP contribution in [0.2, 0.25) is 0 Å². The maximum atomic E-state index is 12.1. The second-order valence-corrected chi connectivity index (χ2v) is 8.18. The monoisotopic (exact) mass is 371 g/mol. The van der Waals surface area contributed by atoms with Gasteiger partial charge in [0, 0.05) is 12.5 Å². The van der Waals surface area contributed by atoms with Gasteiger partial charge >= 0.3 is 6.03 Å². The van der Waals surface area contributed by atoms with Crippen molar-refractivity contribution < 1.29 is 14.4 Å². The van der Waals surface area contributed by atoms with Gasteiger partial charge in [0.1, 0.15) is 0 Å². The Kier molecular flexibility index (Phi) is 6.16. The molecule has 1 aromatic rings. The highest BCUT2D eigenvalue weighted by Gasteiger charge is 2.35. The van der Waals surface area contributed by atoms with Crippen molar-refractivity contribution in [2.24, 2.45) is 11.7 Å². The van der Waals surface area contributed by atoms with Crippen LogP contribution in [0.15, 0.2) is 4.34 Å². The van der Waals surface area contributed by atoms with Crippen LogP contribution in [0.25, 0.3) is 0 Å². The molecule has 24 heavy (non-hydrogen) atoms. The van der Waals surface area contributed by atoms with Crippen molar-refractivity contribution in [1.82, 2.24) is 15.5 Å². The number of nitrogens with one attached hydrogen (secondary N) is 1. The van der Waals surface area contributed by atoms with Gasteiger partial charge in [-0.3, -0.25) is 19.8 Å². The molecule has 0 spiro atoms. The van der Waals surface area contributed by atoms with Gasteiger partial charge in [-0.05, 0) is 18.8 Å². The average molecular weight is 371 g/mol. The van der Waals surface area contributed by atoms with Crippen LogP contribution in [0.3, 0.4) is 0 Å². The number of primary amides is 1. The molecule has 1 atom stereocenters. The number of rotatable bonds is 7. The number of nitrogens with zero attached hydrogens (tertiary/aromatic N) is 3. The van der Waals surface area contributed by atoms with Crippen LogP contribution >= 0.6 is 23.1 Å². The fraction of sp³-hybridized carbons (Fsp3) is 0.643. The minimum absolute atomic E-state index is 0.0251. The molecule has 1 heterocycles. The number of thioether (sulfide) groups is 1. The fourth-order valence-electron chi connectivity index (χ4n) is 2.11. The van der Waals surface area contributed by atoms with E-state index in [0.29, 0.717) is 15.9 Å². The van der Waals surface area contributed by atoms with E-state index in [4.69, 9.17) is 5.73 Å². The molecule has 1 aliphatic rings. The molecule has 8 nitrogen and oxygen atoms in total. The summed E-state index contributed by atoms with van der Waals surface area (Å²) >= 11 is 2.51. The SMILES string of the molecule is CCC(=O)N(c1nnc(S[C@@H](C(=O)NC(N)=O)C(C)C)s1)C1CC1. The Balaban J connectivity index is 2.12. The lowest BCUT2D eigenvalue weighted by molar-refractivity contribution is -0.120. The Labute approximate surface area is 148 Å². The third kappa shape index (κ3) is 4.67. The minimum Gasteiger partial charge on any atom is -0.351 e. The summed E-state index contributed by atoms with van der Waals surface area (Å²) in [4.78, 5) is 36.8. The van der Waals surface area contributed by atoms with Crippen LogP contribution < -0.4 is 16.0 Å². The van der Waals surface area contributed by atoms with Gasteiger partial charge in [-0.2, -0.15) is 0 Å². The summed E-state index contributed by atoms with van der Waals surface area (Å²) in [5.74, 6) is -0.460. The summed E-state index contributed by atoms with van der Waals surface area (Å²) in [5, 5.41) is 10.3. The molecule has 0 aromatic carbocycles. The van der Waals surface area contributed by atoms with Crippen molar-refractivity contribution in [2.45, 2.75) is 55.7 Å². The van der Waals surface area contributed by atoms with E-state index in [0.717, 1.165) is 12.8 Å². The van der Waals surface area contributed by atoms with Gasteiger partial charge in [0.15, 0.2) is 4.34 Å². The Bertz CT molecular complexity index is 630. The van der Waals surface area contributed by atoms with Crippen LogP contribution in [0.5, 0.6) is 0 Å². The normalized spacial score (nSPS) is 15.2. The van der Waals surface area contributed by atoms with Crippen molar-refractivity contribution in [2.75, 3.05) is 4.90 Å². The molecule has 1 aromatic heterocycles. The number of amides is 4. The van der Waals surface area contributed by atoms with Gasteiger partial charge in [0.25, 0.3) is 0 Å². The van der Waals surface area contributed by atoms with E-state index in [1.807, 2.05) is 20.8 Å². The molecule has 132 valence electrons. The van der Waals surface area contributed by atoms with Gasteiger partial charge in [0.05, 0.1) is 5.25 Å². The highest BCUT2D eigenvalue weighted by molar-refractivity contribution is 8.02.